The van der Waals surface area contributed by atoms with Crippen LogP contribution in [-0.4, -0.2) is 64.4 Å². The summed E-state index contributed by atoms with van der Waals surface area (Å²) < 4.78 is 6.26. The smallest absolute Gasteiger partial charge is 0.337 e. The number of aryl methyl sites for hydroxylation is 2. The lowest BCUT2D eigenvalue weighted by atomic mass is 9.81. The van der Waals surface area contributed by atoms with E-state index in [-0.39, 0.29) is 5.41 Å². The molecule has 0 saturated carbocycles. The van der Waals surface area contributed by atoms with Crippen LogP contribution in [0.2, 0.25) is 0 Å². The molecule has 9 heteroatoms. The Bertz CT molecular complexity index is 1580. The zero-order valence-electron chi connectivity index (χ0n) is 28.0. The fourth-order valence-corrected chi connectivity index (χ4v) is 6.84. The van der Waals surface area contributed by atoms with Crippen molar-refractivity contribution in [3.63, 3.8) is 0 Å². The van der Waals surface area contributed by atoms with Gasteiger partial charge in [-0.05, 0) is 88.5 Å². The molecule has 0 bridgehead atoms. The summed E-state index contributed by atoms with van der Waals surface area (Å²) in [4.78, 5) is 34.1. The van der Waals surface area contributed by atoms with Gasteiger partial charge in [-0.15, -0.1) is 0 Å². The molecule has 5 heterocycles. The van der Waals surface area contributed by atoms with Crippen LogP contribution in [0.4, 0.5) is 17.5 Å². The molecule has 0 aliphatic carbocycles. The van der Waals surface area contributed by atoms with Crippen LogP contribution in [0.3, 0.4) is 0 Å². The van der Waals surface area contributed by atoms with Crippen LogP contribution in [0.25, 0.3) is 11.1 Å². The molecule has 2 saturated heterocycles. The van der Waals surface area contributed by atoms with E-state index in [0.29, 0.717) is 11.3 Å². The number of hydrogen-bond acceptors (Lipinski definition) is 8. The van der Waals surface area contributed by atoms with E-state index in [0.717, 1.165) is 92.8 Å². The average molecular weight is 613 g/mol. The number of carboxylic acids is 1. The molecule has 9 nitrogen and oxygen atoms in total. The molecule has 6 rings (SSSR count). The number of pyridine rings is 1. The van der Waals surface area contributed by atoms with E-state index in [1.54, 1.807) is 0 Å². The maximum Gasteiger partial charge on any atom is 0.337 e. The lowest BCUT2D eigenvalue weighted by molar-refractivity contribution is -0.160. The van der Waals surface area contributed by atoms with Crippen molar-refractivity contribution in [1.29, 1.82) is 0 Å². The topological polar surface area (TPSA) is 94.9 Å². The second-order valence-corrected chi connectivity index (χ2v) is 14.7. The molecule has 45 heavy (non-hydrogen) atoms. The molecule has 0 unspecified atom stereocenters. The quantitative estimate of drug-likeness (QED) is 0.321. The van der Waals surface area contributed by atoms with Gasteiger partial charge in [0, 0.05) is 68.0 Å². The predicted molar refractivity (Wildman–Crippen MR) is 179 cm³/mol. The first-order valence-electron chi connectivity index (χ1n) is 16.4. The average Bonchev–Trinajstić information content (AvgIpc) is 2.94. The molecular weight excluding hydrogens is 564 g/mol. The number of nitrogens with zero attached hydrogens (tertiary/aromatic N) is 6. The third kappa shape index (κ3) is 6.50. The molecule has 240 valence electrons. The summed E-state index contributed by atoms with van der Waals surface area (Å²) in [5.41, 5.74) is 7.55. The first kappa shape index (κ1) is 31.3. The highest BCUT2D eigenvalue weighted by atomic mass is 16.5. The number of carbonyl (C=O) groups is 1. The number of hydrogen-bond donors (Lipinski definition) is 1. The van der Waals surface area contributed by atoms with Crippen LogP contribution in [0.15, 0.2) is 30.5 Å². The van der Waals surface area contributed by atoms with Gasteiger partial charge in [-0.1, -0.05) is 32.0 Å². The minimum absolute atomic E-state index is 0.249. The van der Waals surface area contributed by atoms with Crippen molar-refractivity contribution in [2.24, 2.45) is 5.41 Å². The van der Waals surface area contributed by atoms with Gasteiger partial charge in [0.2, 0.25) is 5.95 Å². The zero-order chi connectivity index (χ0) is 32.1. The standard InChI is InChI=1S/C36H48N6O3/c1-23-29(26-9-10-27-22-42(18-12-25(27)21-26)28-11-15-37-34(39-28)41-16-8-17-41)31(40-19-13-36(6,7)14-20-40)30(24(2)38-23)32(33(43)44)45-35(3,4)5/h9-11,15,21,32H,8,12-14,16-20,22H2,1-7H3,(H,43,44)/t32-/m0/s1. The number of aliphatic carboxylic acids is 1. The molecule has 0 amide bonds. The summed E-state index contributed by atoms with van der Waals surface area (Å²) in [5, 5.41) is 10.5. The molecule has 1 aromatic carbocycles. The molecule has 3 aromatic rings. The van der Waals surface area contributed by atoms with Gasteiger partial charge in [-0.2, -0.15) is 4.98 Å². The Balaban J connectivity index is 1.40. The van der Waals surface area contributed by atoms with E-state index in [9.17, 15) is 9.90 Å². The van der Waals surface area contributed by atoms with Crippen LogP contribution in [0.5, 0.6) is 0 Å². The number of rotatable bonds is 7. The summed E-state index contributed by atoms with van der Waals surface area (Å²) >= 11 is 0. The fraction of sp³-hybridized carbons (Fsp3) is 0.556. The normalized spacial score (nSPS) is 18.8. The maximum atomic E-state index is 12.8. The van der Waals surface area contributed by atoms with Gasteiger partial charge in [0.25, 0.3) is 0 Å². The van der Waals surface area contributed by atoms with Gasteiger partial charge in [-0.25, -0.2) is 9.78 Å². The van der Waals surface area contributed by atoms with Crippen molar-refractivity contribution in [3.05, 3.63) is 58.5 Å². The highest BCUT2D eigenvalue weighted by Gasteiger charge is 2.36. The molecule has 0 spiro atoms. The Morgan fingerprint density at radius 2 is 1.67 bits per heavy atom. The summed E-state index contributed by atoms with van der Waals surface area (Å²) in [6.07, 6.45) is 4.91. The minimum atomic E-state index is -1.12. The van der Waals surface area contributed by atoms with E-state index < -0.39 is 17.7 Å². The summed E-state index contributed by atoms with van der Waals surface area (Å²) in [7, 11) is 0. The van der Waals surface area contributed by atoms with Crippen molar-refractivity contribution >= 4 is 23.4 Å². The predicted octanol–water partition coefficient (Wildman–Crippen LogP) is 6.50. The Morgan fingerprint density at radius 1 is 0.933 bits per heavy atom. The Morgan fingerprint density at radius 3 is 2.31 bits per heavy atom. The Hall–Kier alpha value is -3.72. The van der Waals surface area contributed by atoms with Crippen LogP contribution >= 0.6 is 0 Å². The third-order valence-electron chi connectivity index (χ3n) is 9.57. The highest BCUT2D eigenvalue weighted by molar-refractivity contribution is 5.88. The van der Waals surface area contributed by atoms with Crippen molar-refractivity contribution in [3.8, 4) is 11.1 Å². The number of piperidine rings is 1. The zero-order valence-corrected chi connectivity index (χ0v) is 28.0. The van der Waals surface area contributed by atoms with Crippen molar-refractivity contribution in [2.45, 2.75) is 92.4 Å². The maximum absolute atomic E-state index is 12.8. The second-order valence-electron chi connectivity index (χ2n) is 14.7. The van der Waals surface area contributed by atoms with Gasteiger partial charge in [0.05, 0.1) is 11.3 Å². The van der Waals surface area contributed by atoms with E-state index in [4.69, 9.17) is 14.7 Å². The SMILES string of the molecule is Cc1nc(C)c([C@H](OC(C)(C)C)C(=O)O)c(N2CCC(C)(C)CC2)c1-c1ccc2c(c1)CCN(c1ccnc(N3CCC3)n1)C2. The van der Waals surface area contributed by atoms with E-state index in [2.05, 4.69) is 58.7 Å². The fourth-order valence-electron chi connectivity index (χ4n) is 6.84. The summed E-state index contributed by atoms with van der Waals surface area (Å²) in [6, 6.07) is 8.74. The van der Waals surface area contributed by atoms with E-state index in [1.165, 1.54) is 17.5 Å². The lowest BCUT2D eigenvalue weighted by Crippen LogP contribution is -2.39. The molecular formula is C36H48N6O3. The van der Waals surface area contributed by atoms with E-state index in [1.807, 2.05) is 40.0 Å². The molecule has 2 fully saturated rings. The van der Waals surface area contributed by atoms with Crippen molar-refractivity contribution in [1.82, 2.24) is 15.0 Å². The minimum Gasteiger partial charge on any atom is -0.479 e. The number of fused-ring (bicyclic) bond motifs is 1. The highest BCUT2D eigenvalue weighted by Crippen LogP contribution is 2.45. The van der Waals surface area contributed by atoms with Crippen LogP contribution < -0.4 is 14.7 Å². The first-order chi connectivity index (χ1) is 21.3. The summed E-state index contributed by atoms with van der Waals surface area (Å²) in [6.45, 7) is 19.8. The first-order valence-corrected chi connectivity index (χ1v) is 16.4. The molecule has 1 N–H and O–H groups in total. The van der Waals surface area contributed by atoms with Gasteiger partial charge < -0.3 is 24.5 Å². The number of benzene rings is 1. The summed E-state index contributed by atoms with van der Waals surface area (Å²) in [5.74, 6) is 0.802. The largest absolute Gasteiger partial charge is 0.479 e. The molecule has 3 aliphatic rings. The van der Waals surface area contributed by atoms with Crippen LogP contribution in [0.1, 0.15) is 88.1 Å². The molecule has 1 atom stereocenters. The van der Waals surface area contributed by atoms with Gasteiger partial charge in [0.1, 0.15) is 5.82 Å². The number of anilines is 3. The van der Waals surface area contributed by atoms with Gasteiger partial charge >= 0.3 is 5.97 Å². The molecule has 2 aromatic heterocycles. The third-order valence-corrected chi connectivity index (χ3v) is 9.57. The van der Waals surface area contributed by atoms with Crippen molar-refractivity contribution in [2.75, 3.05) is 47.4 Å². The number of ether oxygens (including phenoxy) is 1. The Kier molecular flexibility index (Phi) is 8.27. The number of carboxylic acid groups (broad SMARTS) is 1. The van der Waals surface area contributed by atoms with Crippen LogP contribution in [0, 0.1) is 19.3 Å². The monoisotopic (exact) mass is 612 g/mol. The molecule has 3 aliphatic heterocycles. The lowest BCUT2D eigenvalue weighted by Gasteiger charge is -2.41. The van der Waals surface area contributed by atoms with Crippen molar-refractivity contribution < 1.29 is 14.6 Å². The number of aromatic nitrogens is 3. The van der Waals surface area contributed by atoms with Gasteiger partial charge in [0.15, 0.2) is 6.10 Å². The van der Waals surface area contributed by atoms with Crippen LogP contribution in [-0.2, 0) is 22.5 Å². The van der Waals surface area contributed by atoms with Gasteiger partial charge in [-0.3, -0.25) is 4.98 Å². The Labute approximate surface area is 267 Å². The van der Waals surface area contributed by atoms with E-state index >= 15 is 0 Å². The molecule has 0 radical (unpaired) electrons. The second kappa shape index (κ2) is 11.9.